The summed E-state index contributed by atoms with van der Waals surface area (Å²) in [6.45, 7) is 1.86. The summed E-state index contributed by atoms with van der Waals surface area (Å²) in [4.78, 5) is 34.7. The molecule has 2 aromatic rings. The van der Waals surface area contributed by atoms with Gasteiger partial charge in [0.25, 0.3) is 5.69 Å². The van der Waals surface area contributed by atoms with E-state index in [0.717, 1.165) is 0 Å². The van der Waals surface area contributed by atoms with Crippen molar-refractivity contribution < 1.29 is 19.4 Å². The minimum atomic E-state index is -1.11. The zero-order chi connectivity index (χ0) is 21.0. The number of ether oxygens (including phenoxy) is 1. The SMILES string of the molecule is CCOC(=O)C1=CC[C@@H](c2ccc([N+](=O)[O-])cc2)[C@H]([N+](=O)[O-])[C@@H]1c1ccccc1. The van der Waals surface area contributed by atoms with Crippen molar-refractivity contribution in [3.8, 4) is 0 Å². The fourth-order valence-electron chi connectivity index (χ4n) is 3.84. The second-order valence-corrected chi connectivity index (χ2v) is 6.74. The summed E-state index contributed by atoms with van der Waals surface area (Å²) < 4.78 is 5.14. The van der Waals surface area contributed by atoms with Crippen LogP contribution in [-0.2, 0) is 9.53 Å². The number of benzene rings is 2. The van der Waals surface area contributed by atoms with Gasteiger partial charge < -0.3 is 4.74 Å². The molecule has 8 heteroatoms. The number of hydrogen-bond donors (Lipinski definition) is 0. The van der Waals surface area contributed by atoms with Crippen LogP contribution < -0.4 is 0 Å². The molecule has 0 aromatic heterocycles. The van der Waals surface area contributed by atoms with Crippen molar-refractivity contribution in [2.24, 2.45) is 0 Å². The van der Waals surface area contributed by atoms with E-state index >= 15 is 0 Å². The molecule has 29 heavy (non-hydrogen) atoms. The number of non-ortho nitro benzene ring substituents is 1. The van der Waals surface area contributed by atoms with Crippen LogP contribution in [0.2, 0.25) is 0 Å². The zero-order valence-electron chi connectivity index (χ0n) is 15.8. The summed E-state index contributed by atoms with van der Waals surface area (Å²) in [6, 6.07) is 13.5. The second-order valence-electron chi connectivity index (χ2n) is 6.74. The van der Waals surface area contributed by atoms with Crippen molar-refractivity contribution in [3.63, 3.8) is 0 Å². The van der Waals surface area contributed by atoms with E-state index < -0.39 is 28.8 Å². The van der Waals surface area contributed by atoms with Crippen LogP contribution >= 0.6 is 0 Å². The molecule has 0 bridgehead atoms. The molecule has 0 saturated carbocycles. The largest absolute Gasteiger partial charge is 0.463 e. The van der Waals surface area contributed by atoms with Gasteiger partial charge in [-0.15, -0.1) is 0 Å². The number of rotatable bonds is 6. The Morgan fingerprint density at radius 1 is 1.03 bits per heavy atom. The molecule has 8 nitrogen and oxygen atoms in total. The molecule has 3 rings (SSSR count). The molecular formula is C21H20N2O6. The molecule has 0 heterocycles. The molecule has 3 atom stereocenters. The monoisotopic (exact) mass is 396 g/mol. The number of nitro benzene ring substituents is 1. The van der Waals surface area contributed by atoms with Crippen molar-refractivity contribution in [1.29, 1.82) is 0 Å². The fourth-order valence-corrected chi connectivity index (χ4v) is 3.84. The summed E-state index contributed by atoms with van der Waals surface area (Å²) in [5.74, 6) is -1.87. The van der Waals surface area contributed by atoms with E-state index in [1.165, 1.54) is 12.1 Å². The number of esters is 1. The van der Waals surface area contributed by atoms with E-state index in [1.54, 1.807) is 55.5 Å². The Hall–Kier alpha value is -3.55. The third-order valence-corrected chi connectivity index (χ3v) is 5.13. The molecule has 2 aromatic carbocycles. The third kappa shape index (κ3) is 4.16. The molecule has 1 aliphatic carbocycles. The Balaban J connectivity index is 2.08. The van der Waals surface area contributed by atoms with Crippen LogP contribution in [0.15, 0.2) is 66.2 Å². The third-order valence-electron chi connectivity index (χ3n) is 5.13. The molecule has 0 radical (unpaired) electrons. The van der Waals surface area contributed by atoms with Crippen LogP contribution in [-0.4, -0.2) is 28.5 Å². The zero-order valence-corrected chi connectivity index (χ0v) is 15.8. The van der Waals surface area contributed by atoms with Crippen LogP contribution in [0.1, 0.15) is 36.3 Å². The van der Waals surface area contributed by atoms with Crippen LogP contribution in [0.3, 0.4) is 0 Å². The van der Waals surface area contributed by atoms with Crippen molar-refractivity contribution in [1.82, 2.24) is 0 Å². The highest BCUT2D eigenvalue weighted by Crippen LogP contribution is 2.44. The lowest BCUT2D eigenvalue weighted by Gasteiger charge is -2.32. The topological polar surface area (TPSA) is 113 Å². The Labute approximate surface area is 167 Å². The standard InChI is InChI=1S/C21H20N2O6/c1-2-29-21(24)18-13-12-17(14-8-10-16(11-9-14)22(25)26)20(23(27)28)19(18)15-6-4-3-5-7-15/h3-11,13,17,19-20H,2,12H2,1H3/t17-,19+,20-/m0/s1. The summed E-state index contributed by atoms with van der Waals surface area (Å²) in [5.41, 5.74) is 1.47. The van der Waals surface area contributed by atoms with Gasteiger partial charge in [0.1, 0.15) is 0 Å². The van der Waals surface area contributed by atoms with Crippen molar-refractivity contribution in [2.75, 3.05) is 6.61 Å². The Bertz CT molecular complexity index is 939. The van der Waals surface area contributed by atoms with E-state index in [2.05, 4.69) is 0 Å². The van der Waals surface area contributed by atoms with Crippen LogP contribution in [0.4, 0.5) is 5.69 Å². The highest BCUT2D eigenvalue weighted by atomic mass is 16.6. The molecule has 0 spiro atoms. The maximum atomic E-state index is 12.5. The summed E-state index contributed by atoms with van der Waals surface area (Å²) in [7, 11) is 0. The molecule has 0 saturated heterocycles. The Morgan fingerprint density at radius 2 is 1.69 bits per heavy atom. The summed E-state index contributed by atoms with van der Waals surface area (Å²) in [6.07, 6.45) is 1.96. The predicted molar refractivity (Wildman–Crippen MR) is 105 cm³/mol. The van der Waals surface area contributed by atoms with Crippen molar-refractivity contribution in [3.05, 3.63) is 97.6 Å². The molecule has 0 amide bonds. The Morgan fingerprint density at radius 3 is 2.24 bits per heavy atom. The normalized spacial score (nSPS) is 21.1. The first kappa shape index (κ1) is 20.2. The molecule has 1 aliphatic rings. The second kappa shape index (κ2) is 8.64. The van der Waals surface area contributed by atoms with Gasteiger partial charge in [-0.2, -0.15) is 0 Å². The molecule has 0 N–H and O–H groups in total. The minimum Gasteiger partial charge on any atom is -0.463 e. The van der Waals surface area contributed by atoms with Gasteiger partial charge in [-0.3, -0.25) is 20.2 Å². The fraction of sp³-hybridized carbons (Fsp3) is 0.286. The highest BCUT2D eigenvalue weighted by molar-refractivity contribution is 5.90. The first-order valence-electron chi connectivity index (χ1n) is 9.24. The molecule has 0 unspecified atom stereocenters. The van der Waals surface area contributed by atoms with Crippen LogP contribution in [0.5, 0.6) is 0 Å². The van der Waals surface area contributed by atoms with Gasteiger partial charge in [0.2, 0.25) is 6.04 Å². The molecule has 0 fully saturated rings. The smallest absolute Gasteiger partial charge is 0.334 e. The first-order chi connectivity index (χ1) is 13.9. The number of hydrogen-bond acceptors (Lipinski definition) is 6. The van der Waals surface area contributed by atoms with E-state index in [-0.39, 0.29) is 29.2 Å². The molecule has 0 aliphatic heterocycles. The lowest BCUT2D eigenvalue weighted by Crippen LogP contribution is -2.39. The van der Waals surface area contributed by atoms with Gasteiger partial charge in [0, 0.05) is 22.6 Å². The number of carbonyl (C=O) groups excluding carboxylic acids is 1. The highest BCUT2D eigenvalue weighted by Gasteiger charge is 2.47. The van der Waals surface area contributed by atoms with Crippen molar-refractivity contribution in [2.45, 2.75) is 31.2 Å². The number of nitrogens with zero attached hydrogens (tertiary/aromatic N) is 2. The minimum absolute atomic E-state index is 0.0791. The van der Waals surface area contributed by atoms with Gasteiger partial charge in [-0.1, -0.05) is 48.5 Å². The summed E-state index contributed by atoms with van der Waals surface area (Å²) >= 11 is 0. The van der Waals surface area contributed by atoms with E-state index in [4.69, 9.17) is 4.74 Å². The molecule has 150 valence electrons. The van der Waals surface area contributed by atoms with Crippen molar-refractivity contribution >= 4 is 11.7 Å². The van der Waals surface area contributed by atoms with E-state index in [0.29, 0.717) is 11.1 Å². The van der Waals surface area contributed by atoms with E-state index in [1.807, 2.05) is 0 Å². The predicted octanol–water partition coefficient (Wildman–Crippen LogP) is 4.00. The maximum Gasteiger partial charge on any atom is 0.334 e. The van der Waals surface area contributed by atoms with Gasteiger partial charge in [-0.25, -0.2) is 4.79 Å². The van der Waals surface area contributed by atoms with Gasteiger partial charge in [-0.05, 0) is 24.5 Å². The number of allylic oxidation sites excluding steroid dienone is 1. The van der Waals surface area contributed by atoms with Gasteiger partial charge >= 0.3 is 5.97 Å². The first-order valence-corrected chi connectivity index (χ1v) is 9.24. The van der Waals surface area contributed by atoms with Crippen LogP contribution in [0.25, 0.3) is 0 Å². The Kier molecular flexibility index (Phi) is 6.01. The number of carbonyl (C=O) groups is 1. The average Bonchev–Trinajstić information content (AvgIpc) is 2.73. The quantitative estimate of drug-likeness (QED) is 0.414. The number of nitro groups is 2. The maximum absolute atomic E-state index is 12.5. The average molecular weight is 396 g/mol. The van der Waals surface area contributed by atoms with Gasteiger partial charge in [0.15, 0.2) is 0 Å². The lowest BCUT2D eigenvalue weighted by atomic mass is 9.71. The van der Waals surface area contributed by atoms with Crippen LogP contribution in [0, 0.1) is 20.2 Å². The lowest BCUT2D eigenvalue weighted by molar-refractivity contribution is -0.530. The van der Waals surface area contributed by atoms with Gasteiger partial charge in [0.05, 0.1) is 23.4 Å². The van der Waals surface area contributed by atoms with E-state index in [9.17, 15) is 25.0 Å². The molecular weight excluding hydrogens is 376 g/mol. The summed E-state index contributed by atoms with van der Waals surface area (Å²) in [5, 5.41) is 23.1.